The lowest BCUT2D eigenvalue weighted by Crippen LogP contribution is -2.53. The quantitative estimate of drug-likeness (QED) is 0.567. The highest BCUT2D eigenvalue weighted by molar-refractivity contribution is 5.86. The molecule has 1 rings (SSSR count). The molecule has 0 aliphatic carbocycles. The first-order chi connectivity index (χ1) is 6.02. The van der Waals surface area contributed by atoms with Crippen molar-refractivity contribution in [2.75, 3.05) is 6.54 Å². The number of hydrogen-bond acceptors (Lipinski definition) is 3. The first-order valence-corrected chi connectivity index (χ1v) is 4.36. The summed E-state index contributed by atoms with van der Waals surface area (Å²) in [6.07, 6.45) is 1.11. The predicted octanol–water partition coefficient (Wildman–Crippen LogP) is -1.19. The van der Waals surface area contributed by atoms with Gasteiger partial charge >= 0.3 is 0 Å². The standard InChI is InChI=1S/C8H15N3O2/c1-5(8(10)13)11-4-6(9)2-3-7(11)12/h5-6H,2-4,9H2,1H3,(H2,10,13)/t5-,6-/m0/s1. The molecule has 2 atom stereocenters. The van der Waals surface area contributed by atoms with Crippen molar-refractivity contribution in [2.24, 2.45) is 11.5 Å². The lowest BCUT2D eigenvalue weighted by atomic mass is 10.0. The predicted molar refractivity (Wildman–Crippen MR) is 47.6 cm³/mol. The second-order valence-corrected chi connectivity index (χ2v) is 3.42. The van der Waals surface area contributed by atoms with Gasteiger partial charge in [-0.05, 0) is 13.3 Å². The molecule has 1 saturated heterocycles. The smallest absolute Gasteiger partial charge is 0.239 e. The number of hydrogen-bond donors (Lipinski definition) is 2. The van der Waals surface area contributed by atoms with Crippen LogP contribution in [0.25, 0.3) is 0 Å². The Morgan fingerprint density at radius 2 is 2.31 bits per heavy atom. The number of likely N-dealkylation sites (tertiary alicyclic amines) is 1. The first kappa shape index (κ1) is 9.98. The molecule has 0 radical (unpaired) electrons. The van der Waals surface area contributed by atoms with E-state index in [1.54, 1.807) is 6.92 Å². The van der Waals surface area contributed by atoms with E-state index < -0.39 is 11.9 Å². The molecule has 1 heterocycles. The molecule has 5 heteroatoms. The fraction of sp³-hybridized carbons (Fsp3) is 0.750. The van der Waals surface area contributed by atoms with Crippen LogP contribution < -0.4 is 11.5 Å². The van der Waals surface area contributed by atoms with Crippen molar-refractivity contribution in [1.29, 1.82) is 0 Å². The van der Waals surface area contributed by atoms with Gasteiger partial charge in [0.15, 0.2) is 0 Å². The third kappa shape index (κ3) is 2.18. The van der Waals surface area contributed by atoms with E-state index >= 15 is 0 Å². The van der Waals surface area contributed by atoms with Gasteiger partial charge in [0.25, 0.3) is 0 Å². The number of primary amides is 1. The molecule has 4 N–H and O–H groups in total. The Morgan fingerprint density at radius 1 is 1.69 bits per heavy atom. The van der Waals surface area contributed by atoms with E-state index in [2.05, 4.69) is 0 Å². The SMILES string of the molecule is C[C@@H](C(N)=O)N1C[C@@H](N)CCC1=O. The van der Waals surface area contributed by atoms with Gasteiger partial charge in [-0.1, -0.05) is 0 Å². The molecule has 0 aromatic heterocycles. The van der Waals surface area contributed by atoms with E-state index in [0.29, 0.717) is 19.4 Å². The van der Waals surface area contributed by atoms with Crippen molar-refractivity contribution < 1.29 is 9.59 Å². The van der Waals surface area contributed by atoms with Gasteiger partial charge in [0.05, 0.1) is 0 Å². The van der Waals surface area contributed by atoms with Crippen LogP contribution in [0, 0.1) is 0 Å². The van der Waals surface area contributed by atoms with Crippen LogP contribution in [0.5, 0.6) is 0 Å². The molecule has 0 bridgehead atoms. The highest BCUT2D eigenvalue weighted by atomic mass is 16.2. The topological polar surface area (TPSA) is 89.4 Å². The summed E-state index contributed by atoms with van der Waals surface area (Å²) in [7, 11) is 0. The molecule has 74 valence electrons. The van der Waals surface area contributed by atoms with E-state index in [9.17, 15) is 9.59 Å². The largest absolute Gasteiger partial charge is 0.368 e. The Bertz CT molecular complexity index is 229. The van der Waals surface area contributed by atoms with E-state index in [-0.39, 0.29) is 11.9 Å². The van der Waals surface area contributed by atoms with Gasteiger partial charge < -0.3 is 16.4 Å². The van der Waals surface area contributed by atoms with Crippen molar-refractivity contribution >= 4 is 11.8 Å². The third-order valence-electron chi connectivity index (χ3n) is 2.36. The van der Waals surface area contributed by atoms with Gasteiger partial charge in [0.2, 0.25) is 11.8 Å². The minimum Gasteiger partial charge on any atom is -0.368 e. The van der Waals surface area contributed by atoms with Gasteiger partial charge in [-0.15, -0.1) is 0 Å². The summed E-state index contributed by atoms with van der Waals surface area (Å²) in [5.41, 5.74) is 10.8. The zero-order valence-electron chi connectivity index (χ0n) is 7.69. The van der Waals surface area contributed by atoms with Crippen molar-refractivity contribution in [1.82, 2.24) is 4.90 Å². The summed E-state index contributed by atoms with van der Waals surface area (Å²) >= 11 is 0. The molecule has 2 amide bonds. The van der Waals surface area contributed by atoms with E-state index in [0.717, 1.165) is 0 Å². The molecule has 13 heavy (non-hydrogen) atoms. The third-order valence-corrected chi connectivity index (χ3v) is 2.36. The number of nitrogens with two attached hydrogens (primary N) is 2. The number of carbonyl (C=O) groups excluding carboxylic acids is 2. The fourth-order valence-corrected chi connectivity index (χ4v) is 1.43. The van der Waals surface area contributed by atoms with Crippen LogP contribution >= 0.6 is 0 Å². The Labute approximate surface area is 77.1 Å². The van der Waals surface area contributed by atoms with Gasteiger partial charge in [0.1, 0.15) is 6.04 Å². The molecule has 0 unspecified atom stereocenters. The second kappa shape index (κ2) is 3.74. The van der Waals surface area contributed by atoms with Gasteiger partial charge in [-0.3, -0.25) is 9.59 Å². The molecule has 1 aliphatic rings. The summed E-state index contributed by atoms with van der Waals surface area (Å²) < 4.78 is 0. The number of nitrogens with zero attached hydrogens (tertiary/aromatic N) is 1. The van der Waals surface area contributed by atoms with Crippen LogP contribution in [0.4, 0.5) is 0 Å². The number of piperidine rings is 1. The molecule has 0 saturated carbocycles. The van der Waals surface area contributed by atoms with E-state index in [1.807, 2.05) is 0 Å². The van der Waals surface area contributed by atoms with Gasteiger partial charge in [0, 0.05) is 19.0 Å². The van der Waals surface area contributed by atoms with Crippen LogP contribution in [-0.2, 0) is 9.59 Å². The van der Waals surface area contributed by atoms with Crippen molar-refractivity contribution in [3.8, 4) is 0 Å². The molecule has 1 aliphatic heterocycles. The Balaban J connectivity index is 2.65. The highest BCUT2D eigenvalue weighted by Gasteiger charge is 2.29. The zero-order chi connectivity index (χ0) is 10.0. The molecular formula is C8H15N3O2. The van der Waals surface area contributed by atoms with Gasteiger partial charge in [-0.2, -0.15) is 0 Å². The molecule has 5 nitrogen and oxygen atoms in total. The Hall–Kier alpha value is -1.10. The zero-order valence-corrected chi connectivity index (χ0v) is 7.69. The van der Waals surface area contributed by atoms with Crippen LogP contribution in [0.3, 0.4) is 0 Å². The molecule has 0 aromatic rings. The lowest BCUT2D eigenvalue weighted by molar-refractivity contribution is -0.141. The molecule has 0 spiro atoms. The maximum Gasteiger partial charge on any atom is 0.239 e. The van der Waals surface area contributed by atoms with Crippen molar-refractivity contribution in [2.45, 2.75) is 31.8 Å². The number of carbonyl (C=O) groups is 2. The number of rotatable bonds is 2. The summed E-state index contributed by atoms with van der Waals surface area (Å²) in [6.45, 7) is 2.06. The van der Waals surface area contributed by atoms with Gasteiger partial charge in [-0.25, -0.2) is 0 Å². The Kier molecular flexibility index (Phi) is 2.87. The average molecular weight is 185 g/mol. The molecular weight excluding hydrogens is 170 g/mol. The molecule has 0 aromatic carbocycles. The Morgan fingerprint density at radius 3 is 2.85 bits per heavy atom. The summed E-state index contributed by atoms with van der Waals surface area (Å²) in [5, 5.41) is 0. The summed E-state index contributed by atoms with van der Waals surface area (Å²) in [5.74, 6) is -0.518. The van der Waals surface area contributed by atoms with Crippen LogP contribution in [0.15, 0.2) is 0 Å². The maximum atomic E-state index is 11.3. The average Bonchev–Trinajstić information content (AvgIpc) is 2.08. The monoisotopic (exact) mass is 185 g/mol. The fourth-order valence-electron chi connectivity index (χ4n) is 1.43. The normalized spacial score (nSPS) is 25.8. The van der Waals surface area contributed by atoms with Crippen LogP contribution in [-0.4, -0.2) is 35.3 Å². The number of amides is 2. The second-order valence-electron chi connectivity index (χ2n) is 3.42. The highest BCUT2D eigenvalue weighted by Crippen LogP contribution is 2.12. The summed E-state index contributed by atoms with van der Waals surface area (Å²) in [4.78, 5) is 23.6. The maximum absolute atomic E-state index is 11.3. The first-order valence-electron chi connectivity index (χ1n) is 4.36. The van der Waals surface area contributed by atoms with Crippen LogP contribution in [0.1, 0.15) is 19.8 Å². The van der Waals surface area contributed by atoms with E-state index in [1.165, 1.54) is 4.90 Å². The summed E-state index contributed by atoms with van der Waals surface area (Å²) in [6, 6.07) is -0.571. The lowest BCUT2D eigenvalue weighted by Gasteiger charge is -2.33. The van der Waals surface area contributed by atoms with E-state index in [4.69, 9.17) is 11.5 Å². The minimum absolute atomic E-state index is 0.0282. The minimum atomic E-state index is -0.543. The van der Waals surface area contributed by atoms with Crippen molar-refractivity contribution in [3.05, 3.63) is 0 Å². The van der Waals surface area contributed by atoms with Crippen molar-refractivity contribution in [3.63, 3.8) is 0 Å². The molecule has 1 fully saturated rings. The van der Waals surface area contributed by atoms with Crippen LogP contribution in [0.2, 0.25) is 0 Å².